The summed E-state index contributed by atoms with van der Waals surface area (Å²) in [5.41, 5.74) is 2.29. The number of hydrogen-bond acceptors (Lipinski definition) is 5. The van der Waals surface area contributed by atoms with Crippen LogP contribution in [0.5, 0.6) is 0 Å². The first kappa shape index (κ1) is 14.9. The van der Waals surface area contributed by atoms with E-state index in [-0.39, 0.29) is 17.3 Å². The smallest absolute Gasteiger partial charge is 0.259 e. The highest BCUT2D eigenvalue weighted by molar-refractivity contribution is 6.09. The minimum Gasteiger partial charge on any atom is -0.322 e. The summed E-state index contributed by atoms with van der Waals surface area (Å²) in [6.07, 6.45) is 3.24. The number of aromatic amines is 1. The molecule has 0 saturated carbocycles. The van der Waals surface area contributed by atoms with E-state index in [0.29, 0.717) is 22.3 Å². The van der Waals surface area contributed by atoms with Crippen molar-refractivity contribution in [3.05, 3.63) is 59.7 Å². The number of tetrazole rings is 1. The standard InChI is InChI=1S/C16H12FN7O/c1-9-6-12(17)10(15-20-22-23-21-15)7-13(9)19-16(25)11-8-18-24-5-3-2-4-14(11)24/h2-8H,1H3,(H,19,25)(H,20,21,22,23). The zero-order valence-electron chi connectivity index (χ0n) is 13.1. The predicted molar refractivity (Wildman–Crippen MR) is 87.5 cm³/mol. The fourth-order valence-corrected chi connectivity index (χ4v) is 2.55. The molecule has 0 aliphatic rings. The Kier molecular flexibility index (Phi) is 3.46. The Morgan fingerprint density at radius 3 is 3.00 bits per heavy atom. The lowest BCUT2D eigenvalue weighted by Gasteiger charge is -2.10. The molecule has 3 aromatic heterocycles. The number of carbonyl (C=O) groups excluding carboxylic acids is 1. The number of halogens is 1. The summed E-state index contributed by atoms with van der Waals surface area (Å²) < 4.78 is 15.8. The van der Waals surface area contributed by atoms with Crippen LogP contribution < -0.4 is 5.32 Å². The van der Waals surface area contributed by atoms with Gasteiger partial charge in [-0.25, -0.2) is 8.91 Å². The minimum absolute atomic E-state index is 0.115. The van der Waals surface area contributed by atoms with E-state index in [1.165, 1.54) is 18.3 Å². The average Bonchev–Trinajstić information content (AvgIpc) is 3.26. The lowest BCUT2D eigenvalue weighted by atomic mass is 10.1. The van der Waals surface area contributed by atoms with Crippen LogP contribution in [0.4, 0.5) is 10.1 Å². The Hall–Kier alpha value is -3.62. The number of hydrogen-bond donors (Lipinski definition) is 2. The van der Waals surface area contributed by atoms with Gasteiger partial charge in [0.25, 0.3) is 5.91 Å². The Morgan fingerprint density at radius 1 is 1.32 bits per heavy atom. The fraction of sp³-hybridized carbons (Fsp3) is 0.0625. The van der Waals surface area contributed by atoms with Crippen LogP contribution in [0, 0.1) is 12.7 Å². The summed E-state index contributed by atoms with van der Waals surface area (Å²) in [5.74, 6) is -0.716. The summed E-state index contributed by atoms with van der Waals surface area (Å²) in [4.78, 5) is 12.6. The van der Waals surface area contributed by atoms with Gasteiger partial charge in [0.1, 0.15) is 5.82 Å². The van der Waals surface area contributed by atoms with Crippen molar-refractivity contribution in [3.8, 4) is 11.4 Å². The van der Waals surface area contributed by atoms with Gasteiger partial charge in [0.2, 0.25) is 5.82 Å². The van der Waals surface area contributed by atoms with E-state index in [4.69, 9.17) is 0 Å². The number of benzene rings is 1. The maximum absolute atomic E-state index is 14.2. The van der Waals surface area contributed by atoms with Crippen molar-refractivity contribution in [2.24, 2.45) is 0 Å². The number of aromatic nitrogens is 6. The molecule has 0 aliphatic heterocycles. The van der Waals surface area contributed by atoms with Crippen molar-refractivity contribution >= 4 is 17.1 Å². The topological polar surface area (TPSA) is 101 Å². The Bertz CT molecular complexity index is 1070. The SMILES string of the molecule is Cc1cc(F)c(-c2nn[nH]n2)cc1NC(=O)c1cnn2ccccc12. The first-order valence-corrected chi connectivity index (χ1v) is 7.41. The van der Waals surface area contributed by atoms with Crippen LogP contribution >= 0.6 is 0 Å². The number of rotatable bonds is 3. The van der Waals surface area contributed by atoms with Gasteiger partial charge in [0.15, 0.2) is 0 Å². The normalized spacial score (nSPS) is 11.0. The first-order chi connectivity index (χ1) is 12.1. The van der Waals surface area contributed by atoms with Crippen LogP contribution in [-0.4, -0.2) is 36.1 Å². The number of nitrogens with zero attached hydrogens (tertiary/aromatic N) is 5. The Morgan fingerprint density at radius 2 is 2.20 bits per heavy atom. The summed E-state index contributed by atoms with van der Waals surface area (Å²) in [5, 5.41) is 20.2. The van der Waals surface area contributed by atoms with Gasteiger partial charge in [-0.1, -0.05) is 6.07 Å². The predicted octanol–water partition coefficient (Wildman–Crippen LogP) is 2.21. The second kappa shape index (κ2) is 5.78. The van der Waals surface area contributed by atoms with Crippen molar-refractivity contribution in [1.82, 2.24) is 30.2 Å². The molecule has 0 spiro atoms. The van der Waals surface area contributed by atoms with Crippen LogP contribution in [0.25, 0.3) is 16.9 Å². The Labute approximate surface area is 140 Å². The van der Waals surface area contributed by atoms with Crippen molar-refractivity contribution in [3.63, 3.8) is 0 Å². The molecule has 0 bridgehead atoms. The molecule has 4 aromatic rings. The van der Waals surface area contributed by atoms with Gasteiger partial charge in [-0.3, -0.25) is 4.79 Å². The third-order valence-electron chi connectivity index (χ3n) is 3.82. The van der Waals surface area contributed by atoms with E-state index >= 15 is 0 Å². The highest BCUT2D eigenvalue weighted by atomic mass is 19.1. The highest BCUT2D eigenvalue weighted by Crippen LogP contribution is 2.26. The zero-order valence-corrected chi connectivity index (χ0v) is 13.1. The van der Waals surface area contributed by atoms with Crippen LogP contribution in [0.15, 0.2) is 42.7 Å². The van der Waals surface area contributed by atoms with E-state index in [9.17, 15) is 9.18 Å². The van der Waals surface area contributed by atoms with Crippen molar-refractivity contribution in [1.29, 1.82) is 0 Å². The van der Waals surface area contributed by atoms with E-state index in [0.717, 1.165) is 0 Å². The Balaban J connectivity index is 1.71. The third-order valence-corrected chi connectivity index (χ3v) is 3.82. The van der Waals surface area contributed by atoms with Crippen molar-refractivity contribution in [2.75, 3.05) is 5.32 Å². The van der Waals surface area contributed by atoms with E-state index in [2.05, 4.69) is 31.0 Å². The largest absolute Gasteiger partial charge is 0.322 e. The van der Waals surface area contributed by atoms with Gasteiger partial charge in [-0.2, -0.15) is 10.3 Å². The molecular formula is C16H12FN7O. The molecule has 2 N–H and O–H groups in total. The second-order valence-corrected chi connectivity index (χ2v) is 5.43. The molecule has 0 unspecified atom stereocenters. The maximum atomic E-state index is 14.2. The van der Waals surface area contributed by atoms with Gasteiger partial charge >= 0.3 is 0 Å². The summed E-state index contributed by atoms with van der Waals surface area (Å²) in [7, 11) is 0. The molecule has 4 rings (SSSR count). The van der Waals surface area contributed by atoms with E-state index in [1.54, 1.807) is 23.7 Å². The zero-order chi connectivity index (χ0) is 17.4. The number of amides is 1. The molecule has 9 heteroatoms. The molecule has 1 amide bonds. The quantitative estimate of drug-likeness (QED) is 0.597. The number of fused-ring (bicyclic) bond motifs is 1. The average molecular weight is 337 g/mol. The van der Waals surface area contributed by atoms with Crippen molar-refractivity contribution < 1.29 is 9.18 Å². The number of anilines is 1. The molecule has 8 nitrogen and oxygen atoms in total. The number of aryl methyl sites for hydroxylation is 1. The van der Waals surface area contributed by atoms with E-state index < -0.39 is 5.82 Å². The number of nitrogens with one attached hydrogen (secondary N) is 2. The maximum Gasteiger partial charge on any atom is 0.259 e. The lowest BCUT2D eigenvalue weighted by Crippen LogP contribution is -2.13. The van der Waals surface area contributed by atoms with Gasteiger partial charge in [-0.05, 0) is 42.0 Å². The summed E-state index contributed by atoms with van der Waals surface area (Å²) >= 11 is 0. The van der Waals surface area contributed by atoms with Crippen LogP contribution in [0.2, 0.25) is 0 Å². The van der Waals surface area contributed by atoms with E-state index in [1.807, 2.05) is 12.1 Å². The van der Waals surface area contributed by atoms with Crippen LogP contribution in [-0.2, 0) is 0 Å². The monoisotopic (exact) mass is 337 g/mol. The molecule has 124 valence electrons. The lowest BCUT2D eigenvalue weighted by molar-refractivity contribution is 0.102. The van der Waals surface area contributed by atoms with Gasteiger partial charge in [-0.15, -0.1) is 10.2 Å². The molecule has 0 aliphatic carbocycles. The number of H-pyrrole nitrogens is 1. The number of carbonyl (C=O) groups is 1. The molecule has 0 radical (unpaired) electrons. The second-order valence-electron chi connectivity index (χ2n) is 5.43. The van der Waals surface area contributed by atoms with Gasteiger partial charge in [0.05, 0.1) is 22.8 Å². The van der Waals surface area contributed by atoms with Gasteiger partial charge in [0, 0.05) is 11.9 Å². The molecule has 0 fully saturated rings. The van der Waals surface area contributed by atoms with Gasteiger partial charge < -0.3 is 5.32 Å². The van der Waals surface area contributed by atoms with Crippen LogP contribution in [0.1, 0.15) is 15.9 Å². The first-order valence-electron chi connectivity index (χ1n) is 7.41. The summed E-state index contributed by atoms with van der Waals surface area (Å²) in [6.45, 7) is 1.70. The molecule has 1 aromatic carbocycles. The summed E-state index contributed by atoms with van der Waals surface area (Å²) in [6, 6.07) is 8.25. The molecule has 0 saturated heterocycles. The number of pyridine rings is 1. The molecule has 3 heterocycles. The highest BCUT2D eigenvalue weighted by Gasteiger charge is 2.17. The minimum atomic E-state index is -0.493. The third kappa shape index (κ3) is 2.61. The van der Waals surface area contributed by atoms with Crippen molar-refractivity contribution in [2.45, 2.75) is 6.92 Å². The molecular weight excluding hydrogens is 325 g/mol. The van der Waals surface area contributed by atoms with Crippen LogP contribution in [0.3, 0.4) is 0 Å². The fourth-order valence-electron chi connectivity index (χ4n) is 2.55. The molecule has 0 atom stereocenters. The molecule has 25 heavy (non-hydrogen) atoms.